The molecule has 1 heterocycles. The Balaban J connectivity index is 2.37. The molecule has 1 rings (SSSR count). The summed E-state index contributed by atoms with van der Waals surface area (Å²) in [6.45, 7) is 13.4. The molecule has 0 aromatic rings. The quantitative estimate of drug-likeness (QED) is 0.623. The normalized spacial score (nSPS) is 21.8. The fourth-order valence-corrected chi connectivity index (χ4v) is 3.10. The van der Waals surface area contributed by atoms with Crippen molar-refractivity contribution in [1.82, 2.24) is 4.90 Å². The highest BCUT2D eigenvalue weighted by molar-refractivity contribution is 7.80. The van der Waals surface area contributed by atoms with Gasteiger partial charge in [0.2, 0.25) is 5.91 Å². The molecule has 0 aromatic carbocycles. The number of carbonyl (C=O) groups excluding carboxylic acids is 1. The lowest BCUT2D eigenvalue weighted by atomic mass is 10.1. The molecule has 0 spiro atoms. The summed E-state index contributed by atoms with van der Waals surface area (Å²) < 4.78 is 6.10. The highest BCUT2D eigenvalue weighted by atomic mass is 32.1. The molecule has 5 heteroatoms. The number of thiol groups is 1. The van der Waals surface area contributed by atoms with Crippen molar-refractivity contribution in [1.29, 1.82) is 0 Å². The molecule has 1 aliphatic heterocycles. The minimum atomic E-state index is -1.68. The number of likely N-dealkylation sites (tertiary alicyclic amines) is 1. The average molecular weight is 290 g/mol. The van der Waals surface area contributed by atoms with Gasteiger partial charge in [0.1, 0.15) is 0 Å². The standard InChI is InChI=1S/C13H27NO2SSi/c1-13(2,3)18(4,5)16-7-6-14-9-11(10-17)8-12(14)15/h11,17H,6-10H2,1-5H3. The van der Waals surface area contributed by atoms with Gasteiger partial charge >= 0.3 is 0 Å². The second-order valence-corrected chi connectivity index (χ2v) is 11.9. The highest BCUT2D eigenvalue weighted by Crippen LogP contribution is 2.36. The Morgan fingerprint density at radius 1 is 1.44 bits per heavy atom. The van der Waals surface area contributed by atoms with Gasteiger partial charge in [0.15, 0.2) is 8.32 Å². The summed E-state index contributed by atoms with van der Waals surface area (Å²) in [5.74, 6) is 1.48. The number of hydrogen-bond acceptors (Lipinski definition) is 3. The molecule has 1 fully saturated rings. The first kappa shape index (κ1) is 16.1. The average Bonchev–Trinajstić information content (AvgIpc) is 2.58. The van der Waals surface area contributed by atoms with Crippen LogP contribution >= 0.6 is 12.6 Å². The molecule has 0 saturated carbocycles. The van der Waals surface area contributed by atoms with Crippen LogP contribution < -0.4 is 0 Å². The summed E-state index contributed by atoms with van der Waals surface area (Å²) in [4.78, 5) is 13.7. The van der Waals surface area contributed by atoms with Gasteiger partial charge in [-0.25, -0.2) is 0 Å². The first-order valence-corrected chi connectivity index (χ1v) is 10.2. The lowest BCUT2D eigenvalue weighted by Crippen LogP contribution is -2.43. The van der Waals surface area contributed by atoms with Crippen molar-refractivity contribution in [2.45, 2.75) is 45.3 Å². The van der Waals surface area contributed by atoms with Crippen molar-refractivity contribution in [2.24, 2.45) is 5.92 Å². The molecule has 0 aliphatic carbocycles. The van der Waals surface area contributed by atoms with Crippen LogP contribution in [-0.4, -0.2) is 44.6 Å². The first-order valence-electron chi connectivity index (χ1n) is 6.70. The van der Waals surface area contributed by atoms with Crippen LogP contribution in [0.4, 0.5) is 0 Å². The van der Waals surface area contributed by atoms with Crippen molar-refractivity contribution in [2.75, 3.05) is 25.4 Å². The van der Waals surface area contributed by atoms with Crippen molar-refractivity contribution < 1.29 is 9.22 Å². The Morgan fingerprint density at radius 3 is 2.50 bits per heavy atom. The Hall–Kier alpha value is -0.00312. The topological polar surface area (TPSA) is 29.5 Å². The third-order valence-corrected chi connectivity index (χ3v) is 9.24. The van der Waals surface area contributed by atoms with Crippen molar-refractivity contribution >= 4 is 26.9 Å². The van der Waals surface area contributed by atoms with E-state index in [-0.39, 0.29) is 10.9 Å². The minimum Gasteiger partial charge on any atom is -0.415 e. The molecule has 3 nitrogen and oxygen atoms in total. The Bertz CT molecular complexity index is 302. The number of carbonyl (C=O) groups is 1. The van der Waals surface area contributed by atoms with Gasteiger partial charge in [-0.05, 0) is 29.8 Å². The van der Waals surface area contributed by atoms with Crippen LogP contribution in [0.2, 0.25) is 18.1 Å². The van der Waals surface area contributed by atoms with E-state index < -0.39 is 8.32 Å². The Kier molecular flexibility index (Phi) is 5.32. The first-order chi connectivity index (χ1) is 8.17. The molecule has 0 bridgehead atoms. The van der Waals surface area contributed by atoms with Crippen LogP contribution in [0.1, 0.15) is 27.2 Å². The van der Waals surface area contributed by atoms with Gasteiger partial charge in [0, 0.05) is 19.5 Å². The van der Waals surface area contributed by atoms with Crippen LogP contribution in [0, 0.1) is 5.92 Å². The monoisotopic (exact) mass is 289 g/mol. The third kappa shape index (κ3) is 4.00. The fraction of sp³-hybridized carbons (Fsp3) is 0.923. The number of hydrogen-bond donors (Lipinski definition) is 1. The minimum absolute atomic E-state index is 0.232. The summed E-state index contributed by atoms with van der Waals surface area (Å²) in [6.07, 6.45) is 0.656. The summed E-state index contributed by atoms with van der Waals surface area (Å²) >= 11 is 4.27. The van der Waals surface area contributed by atoms with Gasteiger partial charge in [-0.1, -0.05) is 20.8 Å². The molecule has 1 amide bonds. The SMILES string of the molecule is CC(C)(C)[Si](C)(C)OCCN1CC(CS)CC1=O. The summed E-state index contributed by atoms with van der Waals surface area (Å²) in [5.41, 5.74) is 0. The molecule has 1 unspecified atom stereocenters. The van der Waals surface area contributed by atoms with E-state index in [2.05, 4.69) is 46.5 Å². The van der Waals surface area contributed by atoms with Gasteiger partial charge in [-0.2, -0.15) is 12.6 Å². The molecular weight excluding hydrogens is 262 g/mol. The largest absolute Gasteiger partial charge is 0.415 e. The van der Waals surface area contributed by atoms with Gasteiger partial charge in [0.25, 0.3) is 0 Å². The van der Waals surface area contributed by atoms with Gasteiger partial charge in [-0.3, -0.25) is 4.79 Å². The van der Waals surface area contributed by atoms with Crippen molar-refractivity contribution in [3.8, 4) is 0 Å². The second kappa shape index (κ2) is 5.97. The predicted octanol–water partition coefficient (Wildman–Crippen LogP) is 2.79. The molecule has 0 radical (unpaired) electrons. The lowest BCUT2D eigenvalue weighted by molar-refractivity contribution is -0.128. The highest BCUT2D eigenvalue weighted by Gasteiger charge is 2.37. The van der Waals surface area contributed by atoms with E-state index in [1.807, 2.05) is 4.90 Å². The third-order valence-electron chi connectivity index (χ3n) is 4.18. The summed E-state index contributed by atoms with van der Waals surface area (Å²) in [6, 6.07) is 0. The van der Waals surface area contributed by atoms with E-state index in [9.17, 15) is 4.79 Å². The van der Waals surface area contributed by atoms with E-state index in [0.717, 1.165) is 18.8 Å². The van der Waals surface area contributed by atoms with Crippen molar-refractivity contribution in [3.05, 3.63) is 0 Å². The van der Waals surface area contributed by atoms with Crippen molar-refractivity contribution in [3.63, 3.8) is 0 Å². The van der Waals surface area contributed by atoms with Crippen LogP contribution in [-0.2, 0) is 9.22 Å². The van der Waals surface area contributed by atoms with Gasteiger partial charge in [-0.15, -0.1) is 0 Å². The van der Waals surface area contributed by atoms with E-state index in [0.29, 0.717) is 18.9 Å². The predicted molar refractivity (Wildman–Crippen MR) is 81.7 cm³/mol. The Labute approximate surface area is 118 Å². The summed E-state index contributed by atoms with van der Waals surface area (Å²) in [7, 11) is -1.68. The molecular formula is C13H27NO2SSi. The number of amides is 1. The van der Waals surface area contributed by atoms with E-state index in [1.54, 1.807) is 0 Å². The van der Waals surface area contributed by atoms with Crippen LogP contribution in [0.15, 0.2) is 0 Å². The van der Waals surface area contributed by atoms with E-state index >= 15 is 0 Å². The van der Waals surface area contributed by atoms with Crippen LogP contribution in [0.3, 0.4) is 0 Å². The maximum Gasteiger partial charge on any atom is 0.223 e. The zero-order valence-corrected chi connectivity index (χ0v) is 14.2. The fourth-order valence-electron chi connectivity index (χ4n) is 1.82. The molecule has 1 aliphatic rings. The van der Waals surface area contributed by atoms with Gasteiger partial charge in [0.05, 0.1) is 6.61 Å². The van der Waals surface area contributed by atoms with E-state index in [4.69, 9.17) is 4.43 Å². The molecule has 1 atom stereocenters. The second-order valence-electron chi connectivity index (χ2n) is 6.70. The molecule has 0 aromatic heterocycles. The van der Waals surface area contributed by atoms with Gasteiger partial charge < -0.3 is 9.33 Å². The zero-order chi connectivity index (χ0) is 14.0. The Morgan fingerprint density at radius 2 is 2.06 bits per heavy atom. The van der Waals surface area contributed by atoms with Crippen LogP contribution in [0.5, 0.6) is 0 Å². The maximum absolute atomic E-state index is 11.7. The molecule has 0 N–H and O–H groups in total. The van der Waals surface area contributed by atoms with Crippen LogP contribution in [0.25, 0.3) is 0 Å². The molecule has 18 heavy (non-hydrogen) atoms. The zero-order valence-electron chi connectivity index (χ0n) is 12.3. The summed E-state index contributed by atoms with van der Waals surface area (Å²) in [5, 5.41) is 0.232. The maximum atomic E-state index is 11.7. The number of rotatable bonds is 5. The lowest BCUT2D eigenvalue weighted by Gasteiger charge is -2.36. The van der Waals surface area contributed by atoms with E-state index in [1.165, 1.54) is 0 Å². The number of nitrogens with zero attached hydrogens (tertiary/aromatic N) is 1. The molecule has 106 valence electrons. The molecule has 1 saturated heterocycles. The smallest absolute Gasteiger partial charge is 0.223 e.